The van der Waals surface area contributed by atoms with Gasteiger partial charge in [-0.25, -0.2) is 9.97 Å². The lowest BCUT2D eigenvalue weighted by molar-refractivity contribution is -0.120. The van der Waals surface area contributed by atoms with Gasteiger partial charge in [-0.3, -0.25) is 9.59 Å². The third kappa shape index (κ3) is 5.16. The van der Waals surface area contributed by atoms with Crippen LogP contribution >= 0.6 is 0 Å². The molecule has 1 aliphatic rings. The minimum Gasteiger partial charge on any atom is -0.470 e. The van der Waals surface area contributed by atoms with Gasteiger partial charge in [0.05, 0.1) is 24.0 Å². The first kappa shape index (κ1) is 20.3. The number of ether oxygens (including phenoxy) is 1. The van der Waals surface area contributed by atoms with Gasteiger partial charge in [0, 0.05) is 25.4 Å². The van der Waals surface area contributed by atoms with Gasteiger partial charge in [0.2, 0.25) is 11.8 Å². The van der Waals surface area contributed by atoms with Crippen LogP contribution in [0.5, 0.6) is 5.88 Å². The molecule has 1 aliphatic heterocycles. The van der Waals surface area contributed by atoms with Crippen molar-refractivity contribution in [1.29, 1.82) is 0 Å². The normalized spacial score (nSPS) is 14.5. The Balaban J connectivity index is 1.34. The van der Waals surface area contributed by atoms with Gasteiger partial charge in [-0.15, -0.1) is 0 Å². The Hall–Kier alpha value is -3.94. The first-order valence-electron chi connectivity index (χ1n) is 10.1. The van der Waals surface area contributed by atoms with Crippen molar-refractivity contribution in [2.45, 2.75) is 13.0 Å². The number of piperazine rings is 1. The molecule has 1 aromatic carbocycles. The van der Waals surface area contributed by atoms with E-state index in [1.807, 2.05) is 42.2 Å². The van der Waals surface area contributed by atoms with E-state index in [1.54, 1.807) is 30.5 Å². The fourth-order valence-corrected chi connectivity index (χ4v) is 3.24. The van der Waals surface area contributed by atoms with Crippen LogP contribution in [0.25, 0.3) is 0 Å². The Labute approximate surface area is 180 Å². The highest BCUT2D eigenvalue weighted by molar-refractivity contribution is 6.04. The summed E-state index contributed by atoms with van der Waals surface area (Å²) in [5, 5.41) is 5.58. The average Bonchev–Trinajstić information content (AvgIpc) is 2.80. The molecule has 0 bridgehead atoms. The maximum Gasteiger partial charge on any atom is 0.257 e. The first-order chi connectivity index (χ1) is 15.1. The second kappa shape index (κ2) is 9.25. The van der Waals surface area contributed by atoms with E-state index >= 15 is 0 Å². The van der Waals surface area contributed by atoms with E-state index in [0.29, 0.717) is 36.0 Å². The molecule has 31 heavy (non-hydrogen) atoms. The minimum absolute atomic E-state index is 0.0245. The van der Waals surface area contributed by atoms with E-state index in [9.17, 15) is 9.59 Å². The van der Waals surface area contributed by atoms with Gasteiger partial charge in [-0.05, 0) is 30.7 Å². The summed E-state index contributed by atoms with van der Waals surface area (Å²) in [6.45, 7) is 3.52. The first-order valence-corrected chi connectivity index (χ1v) is 10.1. The molecule has 4 rings (SSSR count). The molecule has 0 radical (unpaired) electrons. The molecule has 2 amide bonds. The van der Waals surface area contributed by atoms with Crippen LogP contribution in [0.4, 0.5) is 11.5 Å². The number of rotatable bonds is 6. The van der Waals surface area contributed by atoms with Gasteiger partial charge in [0.1, 0.15) is 11.9 Å². The highest BCUT2D eigenvalue weighted by Crippen LogP contribution is 2.20. The monoisotopic (exact) mass is 417 g/mol. The third-order valence-corrected chi connectivity index (χ3v) is 4.93. The van der Waals surface area contributed by atoms with Crippen LogP contribution in [-0.2, 0) is 4.79 Å². The SMILES string of the molecule is C[C@@H](Oc1ccc(C(=O)Nc2ccc(N3CCNC(=O)C3)nc2)cn1)c1ccccc1. The number of anilines is 2. The molecule has 8 heteroatoms. The molecule has 8 nitrogen and oxygen atoms in total. The number of pyridine rings is 2. The minimum atomic E-state index is -0.290. The van der Waals surface area contributed by atoms with Gasteiger partial charge in [0.25, 0.3) is 5.91 Å². The number of nitrogens with one attached hydrogen (secondary N) is 2. The van der Waals surface area contributed by atoms with E-state index in [0.717, 1.165) is 5.56 Å². The fourth-order valence-electron chi connectivity index (χ4n) is 3.24. The zero-order chi connectivity index (χ0) is 21.6. The van der Waals surface area contributed by atoms with Gasteiger partial charge in [-0.2, -0.15) is 0 Å². The summed E-state index contributed by atoms with van der Waals surface area (Å²) in [7, 11) is 0. The quantitative estimate of drug-likeness (QED) is 0.640. The van der Waals surface area contributed by atoms with Crippen LogP contribution in [0.3, 0.4) is 0 Å². The van der Waals surface area contributed by atoms with Crippen molar-refractivity contribution < 1.29 is 14.3 Å². The Kier molecular flexibility index (Phi) is 6.07. The number of carbonyl (C=O) groups is 2. The second-order valence-electron chi connectivity index (χ2n) is 7.19. The van der Waals surface area contributed by atoms with E-state index in [-0.39, 0.29) is 24.5 Å². The number of aromatic nitrogens is 2. The van der Waals surface area contributed by atoms with Crippen molar-refractivity contribution in [2.75, 3.05) is 29.9 Å². The third-order valence-electron chi connectivity index (χ3n) is 4.93. The number of hydrogen-bond acceptors (Lipinski definition) is 6. The lowest BCUT2D eigenvalue weighted by atomic mass is 10.1. The van der Waals surface area contributed by atoms with Gasteiger partial charge in [0.15, 0.2) is 0 Å². The van der Waals surface area contributed by atoms with Gasteiger partial charge < -0.3 is 20.3 Å². The summed E-state index contributed by atoms with van der Waals surface area (Å²) in [5.74, 6) is 0.832. The van der Waals surface area contributed by atoms with Crippen LogP contribution in [-0.4, -0.2) is 41.4 Å². The predicted octanol–water partition coefficient (Wildman–Crippen LogP) is 2.81. The van der Waals surface area contributed by atoms with E-state index in [2.05, 4.69) is 20.6 Å². The molecular formula is C23H23N5O3. The highest BCUT2D eigenvalue weighted by atomic mass is 16.5. The molecule has 0 saturated carbocycles. The smallest absolute Gasteiger partial charge is 0.257 e. The number of benzene rings is 1. The lowest BCUT2D eigenvalue weighted by Crippen LogP contribution is -2.48. The molecular weight excluding hydrogens is 394 g/mol. The molecule has 1 atom stereocenters. The van der Waals surface area contributed by atoms with E-state index in [1.165, 1.54) is 6.20 Å². The molecule has 2 aromatic heterocycles. The maximum absolute atomic E-state index is 12.5. The van der Waals surface area contributed by atoms with Gasteiger partial charge >= 0.3 is 0 Å². The van der Waals surface area contributed by atoms with Crippen LogP contribution in [0.15, 0.2) is 67.0 Å². The van der Waals surface area contributed by atoms with E-state index < -0.39 is 0 Å². The van der Waals surface area contributed by atoms with Crippen LogP contribution < -0.4 is 20.3 Å². The summed E-state index contributed by atoms with van der Waals surface area (Å²) in [6, 6.07) is 16.8. The van der Waals surface area contributed by atoms with Crippen molar-refractivity contribution in [2.24, 2.45) is 0 Å². The Bertz CT molecular complexity index is 1040. The molecule has 1 saturated heterocycles. The Morgan fingerprint density at radius 3 is 2.61 bits per heavy atom. The number of nitrogens with zero attached hydrogens (tertiary/aromatic N) is 3. The number of carbonyl (C=O) groups excluding carboxylic acids is 2. The molecule has 3 heterocycles. The molecule has 158 valence electrons. The topological polar surface area (TPSA) is 96.5 Å². The Morgan fingerprint density at radius 2 is 1.94 bits per heavy atom. The molecule has 0 unspecified atom stereocenters. The molecule has 0 aliphatic carbocycles. The van der Waals surface area contributed by atoms with Crippen molar-refractivity contribution in [3.63, 3.8) is 0 Å². The summed E-state index contributed by atoms with van der Waals surface area (Å²) in [4.78, 5) is 34.5. The largest absolute Gasteiger partial charge is 0.470 e. The van der Waals surface area contributed by atoms with E-state index in [4.69, 9.17) is 4.74 Å². The molecule has 0 spiro atoms. The standard InChI is InChI=1S/C23H23N5O3/c1-16(17-5-3-2-4-6-17)31-22-10-7-18(13-26-22)23(30)27-19-8-9-20(25-14-19)28-12-11-24-21(29)15-28/h2-10,13-14,16H,11-12,15H2,1H3,(H,24,29)(H,27,30)/t16-/m1/s1. The highest BCUT2D eigenvalue weighted by Gasteiger charge is 2.17. The second-order valence-corrected chi connectivity index (χ2v) is 7.19. The lowest BCUT2D eigenvalue weighted by Gasteiger charge is -2.27. The number of amides is 2. The van der Waals surface area contributed by atoms with Crippen LogP contribution in [0, 0.1) is 0 Å². The van der Waals surface area contributed by atoms with Crippen molar-refractivity contribution in [3.05, 3.63) is 78.1 Å². The van der Waals surface area contributed by atoms with Crippen molar-refractivity contribution >= 4 is 23.3 Å². The fraction of sp³-hybridized carbons (Fsp3) is 0.217. The van der Waals surface area contributed by atoms with Crippen LogP contribution in [0.2, 0.25) is 0 Å². The summed E-state index contributed by atoms with van der Waals surface area (Å²) < 4.78 is 5.85. The predicted molar refractivity (Wildman–Crippen MR) is 117 cm³/mol. The molecule has 3 aromatic rings. The van der Waals surface area contributed by atoms with Crippen molar-refractivity contribution in [3.8, 4) is 5.88 Å². The van der Waals surface area contributed by atoms with Crippen LogP contribution in [0.1, 0.15) is 28.9 Å². The molecule has 1 fully saturated rings. The number of hydrogen-bond donors (Lipinski definition) is 2. The maximum atomic E-state index is 12.5. The average molecular weight is 417 g/mol. The zero-order valence-electron chi connectivity index (χ0n) is 17.1. The Morgan fingerprint density at radius 1 is 1.10 bits per heavy atom. The van der Waals surface area contributed by atoms with Crippen molar-refractivity contribution in [1.82, 2.24) is 15.3 Å². The zero-order valence-corrected chi connectivity index (χ0v) is 17.1. The molecule has 2 N–H and O–H groups in total. The summed E-state index contributed by atoms with van der Waals surface area (Å²) in [5.41, 5.74) is 2.02. The van der Waals surface area contributed by atoms with Gasteiger partial charge in [-0.1, -0.05) is 30.3 Å². The summed E-state index contributed by atoms with van der Waals surface area (Å²) in [6.07, 6.45) is 2.91. The summed E-state index contributed by atoms with van der Waals surface area (Å²) >= 11 is 0.